The zero-order valence-corrected chi connectivity index (χ0v) is 15.2. The number of imidazole rings is 1. The first kappa shape index (κ1) is 16.7. The van der Waals surface area contributed by atoms with Gasteiger partial charge >= 0.3 is 5.69 Å². The van der Waals surface area contributed by atoms with Gasteiger partial charge in [0.25, 0.3) is 10.8 Å². The second-order valence-electron chi connectivity index (χ2n) is 5.38. The van der Waals surface area contributed by atoms with E-state index in [1.807, 2.05) is 13.8 Å². The largest absolute Gasteiger partial charge is 0.466 e. The highest BCUT2D eigenvalue weighted by atomic mass is 32.2. The van der Waals surface area contributed by atoms with E-state index in [0.717, 1.165) is 8.91 Å². The monoisotopic (exact) mass is 368 g/mol. The van der Waals surface area contributed by atoms with Gasteiger partial charge in [-0.2, -0.15) is 0 Å². The second-order valence-corrected chi connectivity index (χ2v) is 7.54. The maximum atomic E-state index is 12.1. The second kappa shape index (κ2) is 6.40. The SMILES string of the molecule is CC(C)Oc1nnc(SCc2nc3c([nH]2)c(=O)n(C)c(=O)n3C)s1. The highest BCUT2D eigenvalue weighted by molar-refractivity contribution is 8.00. The molecule has 0 bridgehead atoms. The molecule has 0 atom stereocenters. The Bertz CT molecular complexity index is 999. The molecule has 0 saturated heterocycles. The lowest BCUT2D eigenvalue weighted by molar-refractivity contribution is 0.239. The van der Waals surface area contributed by atoms with Crippen LogP contribution in [0.1, 0.15) is 19.7 Å². The van der Waals surface area contributed by atoms with Crippen molar-refractivity contribution in [2.75, 3.05) is 0 Å². The zero-order chi connectivity index (χ0) is 17.4. The van der Waals surface area contributed by atoms with Gasteiger partial charge in [-0.3, -0.25) is 13.9 Å². The quantitative estimate of drug-likeness (QED) is 0.666. The molecule has 24 heavy (non-hydrogen) atoms. The van der Waals surface area contributed by atoms with Crippen molar-refractivity contribution in [3.63, 3.8) is 0 Å². The maximum absolute atomic E-state index is 12.1. The maximum Gasteiger partial charge on any atom is 0.332 e. The molecule has 0 aliphatic rings. The number of aryl methyl sites for hydroxylation is 1. The number of fused-ring (bicyclic) bond motifs is 1. The third kappa shape index (κ3) is 3.08. The summed E-state index contributed by atoms with van der Waals surface area (Å²) < 4.78 is 8.62. The number of H-pyrrole nitrogens is 1. The van der Waals surface area contributed by atoms with Gasteiger partial charge in [-0.05, 0) is 25.2 Å². The van der Waals surface area contributed by atoms with E-state index in [4.69, 9.17) is 4.74 Å². The molecule has 3 aromatic rings. The van der Waals surface area contributed by atoms with Crippen molar-refractivity contribution in [1.29, 1.82) is 0 Å². The van der Waals surface area contributed by atoms with Crippen LogP contribution in [0.15, 0.2) is 13.9 Å². The smallest absolute Gasteiger partial charge is 0.332 e. The van der Waals surface area contributed by atoms with Crippen LogP contribution in [0.5, 0.6) is 5.19 Å². The van der Waals surface area contributed by atoms with Crippen LogP contribution in [-0.4, -0.2) is 35.4 Å². The molecule has 0 aliphatic carbocycles. The summed E-state index contributed by atoms with van der Waals surface area (Å²) in [6, 6.07) is 0. The molecule has 3 rings (SSSR count). The summed E-state index contributed by atoms with van der Waals surface area (Å²) in [5.41, 5.74) is -0.130. The van der Waals surface area contributed by atoms with E-state index in [9.17, 15) is 9.59 Å². The first-order valence-corrected chi connectivity index (χ1v) is 8.94. The summed E-state index contributed by atoms with van der Waals surface area (Å²) in [7, 11) is 3.03. The van der Waals surface area contributed by atoms with Gasteiger partial charge in [0, 0.05) is 14.1 Å². The van der Waals surface area contributed by atoms with Crippen LogP contribution in [0.25, 0.3) is 11.2 Å². The predicted molar refractivity (Wildman–Crippen MR) is 91.8 cm³/mol. The number of aromatic nitrogens is 6. The first-order chi connectivity index (χ1) is 11.4. The Hall–Kier alpha value is -2.14. The number of hydrogen-bond donors (Lipinski definition) is 1. The van der Waals surface area contributed by atoms with Gasteiger partial charge in [0.05, 0.1) is 11.9 Å². The van der Waals surface area contributed by atoms with Crippen LogP contribution in [0.3, 0.4) is 0 Å². The Morgan fingerprint density at radius 1 is 1.25 bits per heavy atom. The van der Waals surface area contributed by atoms with Gasteiger partial charge in [0.1, 0.15) is 11.3 Å². The first-order valence-electron chi connectivity index (χ1n) is 7.14. The van der Waals surface area contributed by atoms with Gasteiger partial charge in [-0.25, -0.2) is 9.78 Å². The molecular formula is C13H16N6O3S2. The fourth-order valence-corrected chi connectivity index (χ4v) is 3.75. The van der Waals surface area contributed by atoms with Crippen LogP contribution in [0.2, 0.25) is 0 Å². The zero-order valence-electron chi connectivity index (χ0n) is 13.6. The molecule has 0 radical (unpaired) electrons. The number of thioether (sulfide) groups is 1. The van der Waals surface area contributed by atoms with Crippen molar-refractivity contribution in [3.05, 3.63) is 26.7 Å². The average Bonchev–Trinajstić information content (AvgIpc) is 3.15. The van der Waals surface area contributed by atoms with Crippen molar-refractivity contribution in [1.82, 2.24) is 29.3 Å². The number of hydrogen-bond acceptors (Lipinski definition) is 8. The minimum atomic E-state index is -0.405. The highest BCUT2D eigenvalue weighted by Gasteiger charge is 2.14. The van der Waals surface area contributed by atoms with Crippen molar-refractivity contribution in [2.45, 2.75) is 30.0 Å². The summed E-state index contributed by atoms with van der Waals surface area (Å²) in [6.07, 6.45) is 0.0451. The predicted octanol–water partition coefficient (Wildman–Crippen LogP) is 0.891. The topological polar surface area (TPSA) is 108 Å². The molecule has 3 aromatic heterocycles. The van der Waals surface area contributed by atoms with E-state index < -0.39 is 5.69 Å². The van der Waals surface area contributed by atoms with Gasteiger partial charge in [0.15, 0.2) is 9.99 Å². The molecule has 3 heterocycles. The Labute approximate surface area is 144 Å². The molecule has 9 nitrogen and oxygen atoms in total. The van der Waals surface area contributed by atoms with Crippen molar-refractivity contribution in [2.24, 2.45) is 14.1 Å². The number of nitrogens with one attached hydrogen (secondary N) is 1. The minimum absolute atomic E-state index is 0.0451. The molecule has 0 unspecified atom stereocenters. The molecule has 11 heteroatoms. The van der Waals surface area contributed by atoms with Crippen LogP contribution in [0, 0.1) is 0 Å². The van der Waals surface area contributed by atoms with Gasteiger partial charge in [-0.15, -0.1) is 5.10 Å². The van der Waals surface area contributed by atoms with Gasteiger partial charge < -0.3 is 9.72 Å². The normalized spacial score (nSPS) is 11.5. The summed E-state index contributed by atoms with van der Waals surface area (Å²) in [5.74, 6) is 1.07. The summed E-state index contributed by atoms with van der Waals surface area (Å²) in [5, 5.41) is 8.53. The van der Waals surface area contributed by atoms with E-state index >= 15 is 0 Å². The highest BCUT2D eigenvalue weighted by Crippen LogP contribution is 2.29. The molecule has 0 aliphatic heterocycles. The Balaban J connectivity index is 1.82. The molecule has 0 spiro atoms. The van der Waals surface area contributed by atoms with Crippen molar-refractivity contribution in [3.8, 4) is 5.19 Å². The van der Waals surface area contributed by atoms with E-state index in [-0.39, 0.29) is 11.7 Å². The lowest BCUT2D eigenvalue weighted by Crippen LogP contribution is -2.36. The molecule has 0 amide bonds. The molecule has 0 fully saturated rings. The number of nitrogens with zero attached hydrogens (tertiary/aromatic N) is 5. The Kier molecular flexibility index (Phi) is 4.45. The molecule has 1 N–H and O–H groups in total. The molecule has 0 saturated carbocycles. The van der Waals surface area contributed by atoms with Gasteiger partial charge in [-0.1, -0.05) is 16.9 Å². The lowest BCUT2D eigenvalue weighted by Gasteiger charge is -2.02. The summed E-state index contributed by atoms with van der Waals surface area (Å²) in [4.78, 5) is 31.4. The third-order valence-corrected chi connectivity index (χ3v) is 5.16. The van der Waals surface area contributed by atoms with E-state index in [1.165, 1.54) is 34.7 Å². The van der Waals surface area contributed by atoms with Crippen LogP contribution in [-0.2, 0) is 19.8 Å². The molecule has 0 aromatic carbocycles. The summed E-state index contributed by atoms with van der Waals surface area (Å²) in [6.45, 7) is 3.85. The van der Waals surface area contributed by atoms with Gasteiger partial charge in [0.2, 0.25) is 0 Å². The molecular weight excluding hydrogens is 352 g/mol. The van der Waals surface area contributed by atoms with Crippen molar-refractivity contribution >= 4 is 34.3 Å². The fraction of sp³-hybridized carbons (Fsp3) is 0.462. The minimum Gasteiger partial charge on any atom is -0.466 e. The average molecular weight is 368 g/mol. The van der Waals surface area contributed by atoms with Crippen molar-refractivity contribution < 1.29 is 4.74 Å². The fourth-order valence-electron chi connectivity index (χ4n) is 2.08. The van der Waals surface area contributed by atoms with E-state index in [1.54, 1.807) is 7.05 Å². The van der Waals surface area contributed by atoms with E-state index in [2.05, 4.69) is 20.2 Å². The third-order valence-electron chi connectivity index (χ3n) is 3.20. The molecule has 128 valence electrons. The standard InChI is InChI=1S/C13H16N6O3S2/c1-6(2)22-11-16-17-12(24-11)23-5-7-14-8-9(15-7)18(3)13(21)19(4)10(8)20/h6H,5H2,1-4H3,(H,14,15). The van der Waals surface area contributed by atoms with E-state index in [0.29, 0.717) is 27.9 Å². The number of aromatic amines is 1. The Morgan fingerprint density at radius 2 is 2.00 bits per heavy atom. The number of ether oxygens (including phenoxy) is 1. The Morgan fingerprint density at radius 3 is 2.71 bits per heavy atom. The van der Waals surface area contributed by atoms with Crippen LogP contribution < -0.4 is 16.0 Å². The van der Waals surface area contributed by atoms with Crippen LogP contribution >= 0.6 is 23.1 Å². The van der Waals surface area contributed by atoms with Crippen LogP contribution in [0.4, 0.5) is 0 Å². The number of rotatable bonds is 5. The summed E-state index contributed by atoms with van der Waals surface area (Å²) >= 11 is 2.79. The lowest BCUT2D eigenvalue weighted by atomic mass is 10.5.